The highest BCUT2D eigenvalue weighted by molar-refractivity contribution is 5.80. The van der Waals surface area contributed by atoms with Gasteiger partial charge in [0.2, 0.25) is 5.91 Å². The molecule has 3 atom stereocenters. The third-order valence-corrected chi connectivity index (χ3v) is 12.6. The molecule has 3 unspecified atom stereocenters. The summed E-state index contributed by atoms with van der Waals surface area (Å²) in [5, 5.41) is 33.3. The summed E-state index contributed by atoms with van der Waals surface area (Å²) < 4.78 is 0. The van der Waals surface area contributed by atoms with Gasteiger partial charge in [-0.15, -0.1) is 0 Å². The molecule has 0 aliphatic heterocycles. The quantitative estimate of drug-likeness (QED) is 0.0362. The van der Waals surface area contributed by atoms with Gasteiger partial charge in [-0.05, 0) is 77.0 Å². The van der Waals surface area contributed by atoms with Crippen molar-refractivity contribution in [3.63, 3.8) is 0 Å². The molecule has 0 saturated carbocycles. The van der Waals surface area contributed by atoms with E-state index in [0.29, 0.717) is 6.42 Å². The van der Waals surface area contributed by atoms with E-state index in [1.807, 2.05) is 6.08 Å². The minimum Gasteiger partial charge on any atom is -0.394 e. The van der Waals surface area contributed by atoms with Crippen molar-refractivity contribution in [1.29, 1.82) is 0 Å². The minimum absolute atomic E-state index is 0.382. The Labute approximate surface area is 392 Å². The Morgan fingerprint density at radius 3 is 1.06 bits per heavy atom. The third-order valence-electron chi connectivity index (χ3n) is 12.6. The summed E-state index contributed by atoms with van der Waals surface area (Å²) in [5.41, 5.74) is 0. The smallest absolute Gasteiger partial charge is 0.249 e. The average molecular weight is 882 g/mol. The van der Waals surface area contributed by atoms with E-state index in [1.54, 1.807) is 6.08 Å². The maximum atomic E-state index is 12.5. The number of hydrogen-bond acceptors (Lipinski definition) is 4. The Morgan fingerprint density at radius 1 is 0.397 bits per heavy atom. The van der Waals surface area contributed by atoms with Crippen LogP contribution in [0, 0.1) is 0 Å². The van der Waals surface area contributed by atoms with Gasteiger partial charge in [-0.1, -0.05) is 261 Å². The van der Waals surface area contributed by atoms with Gasteiger partial charge in [0.25, 0.3) is 0 Å². The van der Waals surface area contributed by atoms with E-state index >= 15 is 0 Å². The first kappa shape index (κ1) is 61.0. The van der Waals surface area contributed by atoms with E-state index in [9.17, 15) is 20.1 Å². The molecule has 0 spiro atoms. The molecule has 0 saturated heterocycles. The second-order valence-electron chi connectivity index (χ2n) is 18.8. The summed E-state index contributed by atoms with van der Waals surface area (Å²) in [6.07, 6.45) is 71.5. The van der Waals surface area contributed by atoms with Crippen LogP contribution < -0.4 is 5.32 Å². The monoisotopic (exact) mass is 882 g/mol. The van der Waals surface area contributed by atoms with Crippen LogP contribution in [-0.4, -0.2) is 46.1 Å². The number of unbranched alkanes of at least 4 members (excludes halogenated alkanes) is 34. The second-order valence-corrected chi connectivity index (χ2v) is 18.8. The zero-order valence-electron chi connectivity index (χ0n) is 42.0. The number of aliphatic hydroxyl groups is 3. The lowest BCUT2D eigenvalue weighted by Gasteiger charge is -2.21. The summed E-state index contributed by atoms with van der Waals surface area (Å²) in [7, 11) is 0. The first-order valence-corrected chi connectivity index (χ1v) is 27.6. The predicted octanol–water partition coefficient (Wildman–Crippen LogP) is 17.0. The van der Waals surface area contributed by atoms with E-state index in [1.165, 1.54) is 205 Å². The lowest BCUT2D eigenvalue weighted by atomic mass is 10.0. The van der Waals surface area contributed by atoms with E-state index < -0.39 is 24.2 Å². The fourth-order valence-electron chi connectivity index (χ4n) is 8.25. The molecule has 63 heavy (non-hydrogen) atoms. The topological polar surface area (TPSA) is 89.8 Å². The Balaban J connectivity index is 3.63. The predicted molar refractivity (Wildman–Crippen MR) is 277 cm³/mol. The third kappa shape index (κ3) is 47.8. The molecule has 0 aromatic rings. The SMILES string of the molecule is CCCCCCCCCCC/C=C\C/C=C\CCCCCCCCCCCCCCCCC(O)C(=O)NC(CO)C(O)/C=C/CC/C=C/CC/C=C/CCCCCCCCCCC. The van der Waals surface area contributed by atoms with Crippen molar-refractivity contribution in [1.82, 2.24) is 5.32 Å². The lowest BCUT2D eigenvalue weighted by Crippen LogP contribution is -2.48. The van der Waals surface area contributed by atoms with Crippen LogP contribution in [0.15, 0.2) is 60.8 Å². The molecule has 0 aliphatic rings. The molecule has 1 amide bonds. The highest BCUT2D eigenvalue weighted by Gasteiger charge is 2.22. The van der Waals surface area contributed by atoms with Crippen LogP contribution in [-0.2, 0) is 4.79 Å². The summed E-state index contributed by atoms with van der Waals surface area (Å²) in [4.78, 5) is 12.5. The van der Waals surface area contributed by atoms with Gasteiger partial charge in [0.05, 0.1) is 18.8 Å². The number of aliphatic hydroxyl groups excluding tert-OH is 3. The number of hydrogen-bond donors (Lipinski definition) is 4. The molecular formula is C58H107NO4. The molecule has 0 aromatic carbocycles. The van der Waals surface area contributed by atoms with E-state index in [0.717, 1.165) is 51.4 Å². The maximum absolute atomic E-state index is 12.5. The van der Waals surface area contributed by atoms with Crippen molar-refractivity contribution in [3.05, 3.63) is 60.8 Å². The molecule has 0 fully saturated rings. The van der Waals surface area contributed by atoms with Crippen LogP contribution in [0.3, 0.4) is 0 Å². The normalized spacial score (nSPS) is 13.8. The first-order valence-electron chi connectivity index (χ1n) is 27.6. The van der Waals surface area contributed by atoms with E-state index in [4.69, 9.17) is 0 Å². The molecule has 368 valence electrons. The molecule has 5 nitrogen and oxygen atoms in total. The molecule has 0 bridgehead atoms. The van der Waals surface area contributed by atoms with Crippen LogP contribution in [0.1, 0.15) is 277 Å². The van der Waals surface area contributed by atoms with E-state index in [2.05, 4.69) is 67.8 Å². The van der Waals surface area contributed by atoms with Gasteiger partial charge in [0, 0.05) is 0 Å². The van der Waals surface area contributed by atoms with Crippen molar-refractivity contribution in [2.24, 2.45) is 0 Å². The maximum Gasteiger partial charge on any atom is 0.249 e. The molecule has 4 N–H and O–H groups in total. The summed E-state index contributed by atoms with van der Waals surface area (Å²) in [6, 6.07) is -0.824. The lowest BCUT2D eigenvalue weighted by molar-refractivity contribution is -0.131. The summed E-state index contributed by atoms with van der Waals surface area (Å²) >= 11 is 0. The van der Waals surface area contributed by atoms with Crippen molar-refractivity contribution < 1.29 is 20.1 Å². The van der Waals surface area contributed by atoms with Crippen LogP contribution in [0.4, 0.5) is 0 Å². The van der Waals surface area contributed by atoms with Crippen molar-refractivity contribution in [2.45, 2.75) is 295 Å². The van der Waals surface area contributed by atoms with Crippen LogP contribution in [0.2, 0.25) is 0 Å². The zero-order valence-corrected chi connectivity index (χ0v) is 42.0. The van der Waals surface area contributed by atoms with Gasteiger partial charge in [0.1, 0.15) is 6.10 Å². The number of rotatable bonds is 50. The Bertz CT molecular complexity index is 1060. The number of carbonyl (C=O) groups excluding carboxylic acids is 1. The number of nitrogens with one attached hydrogen (secondary N) is 1. The van der Waals surface area contributed by atoms with Gasteiger partial charge >= 0.3 is 0 Å². The van der Waals surface area contributed by atoms with Crippen LogP contribution >= 0.6 is 0 Å². The van der Waals surface area contributed by atoms with Gasteiger partial charge in [-0.3, -0.25) is 4.79 Å². The van der Waals surface area contributed by atoms with Gasteiger partial charge in [-0.25, -0.2) is 0 Å². The number of allylic oxidation sites excluding steroid dienone is 9. The van der Waals surface area contributed by atoms with Crippen molar-refractivity contribution >= 4 is 5.91 Å². The number of carbonyl (C=O) groups is 1. The standard InChI is InChI=1S/C58H107NO4/c1-3-5-7-9-11-13-15-17-19-21-23-24-25-26-27-28-29-30-31-32-33-35-37-39-41-43-45-47-49-51-53-57(62)58(63)59-55(54-60)56(61)52-50-48-46-44-42-40-38-36-34-22-20-18-16-14-12-10-8-6-4-2/h23-24,26-27,34,36,42,44,50,52,55-57,60-62H,3-22,25,28-33,35,37-41,43,45-49,51,53-54H2,1-2H3,(H,59,63)/b24-23-,27-26-,36-34+,44-42+,52-50+. The number of amides is 1. The van der Waals surface area contributed by atoms with Crippen molar-refractivity contribution in [3.8, 4) is 0 Å². The molecule has 5 heteroatoms. The van der Waals surface area contributed by atoms with Crippen molar-refractivity contribution in [2.75, 3.05) is 6.61 Å². The molecule has 0 aliphatic carbocycles. The molecule has 0 radical (unpaired) electrons. The fraction of sp³-hybridized carbons (Fsp3) is 0.810. The van der Waals surface area contributed by atoms with Gasteiger partial charge in [-0.2, -0.15) is 0 Å². The molecule has 0 heterocycles. The Kier molecular flexibility index (Phi) is 51.0. The second kappa shape index (κ2) is 52.7. The Hall–Kier alpha value is -1.95. The Morgan fingerprint density at radius 2 is 0.698 bits per heavy atom. The average Bonchev–Trinajstić information content (AvgIpc) is 3.29. The van der Waals surface area contributed by atoms with Gasteiger partial charge < -0.3 is 20.6 Å². The zero-order chi connectivity index (χ0) is 45.8. The fourth-order valence-corrected chi connectivity index (χ4v) is 8.25. The highest BCUT2D eigenvalue weighted by Crippen LogP contribution is 2.16. The van der Waals surface area contributed by atoms with E-state index in [-0.39, 0.29) is 6.61 Å². The molecule has 0 rings (SSSR count). The summed E-state index contributed by atoms with van der Waals surface area (Å²) in [6.45, 7) is 4.18. The van der Waals surface area contributed by atoms with Crippen LogP contribution in [0.25, 0.3) is 0 Å². The van der Waals surface area contributed by atoms with Gasteiger partial charge in [0.15, 0.2) is 0 Å². The minimum atomic E-state index is -1.11. The molecule has 0 aromatic heterocycles. The highest BCUT2D eigenvalue weighted by atomic mass is 16.3. The molecular weight excluding hydrogens is 775 g/mol. The summed E-state index contributed by atoms with van der Waals surface area (Å²) in [5.74, 6) is -0.517. The first-order chi connectivity index (χ1) is 31.1. The largest absolute Gasteiger partial charge is 0.394 e. The van der Waals surface area contributed by atoms with Crippen LogP contribution in [0.5, 0.6) is 0 Å².